The number of halogens is 6. The van der Waals surface area contributed by atoms with E-state index in [9.17, 15) is 18.0 Å². The van der Waals surface area contributed by atoms with Crippen LogP contribution in [0.25, 0.3) is 0 Å². The van der Waals surface area contributed by atoms with Gasteiger partial charge in [0.05, 0.1) is 18.7 Å². The number of nitrogens with zero attached hydrogens (tertiary/aromatic N) is 2. The Morgan fingerprint density at radius 3 is 2.06 bits per heavy atom. The number of rotatable bonds is 10. The molecule has 2 aromatic rings. The standard InChI is InChI=1S/C31H36Cl6N6O7SSi/c1-19(44)50-23-15-16-29-24(39-26(41-29)42-51(46,47)48-18-30(32,33)34)22(38-27(43(23)29)40-25(45)31(35,36)37)17-49-52(28(2,3)4,20-11-7-5-8-12-20)21-13-9-6-10-14-21/h5-16,22-24,26,39,41-42H,17-18H2,1-4H3,(H,38,40,45)/t22-,23+,24-,26?,29+/m0/s1. The Bertz CT molecular complexity index is 1770. The van der Waals surface area contributed by atoms with Crippen LogP contribution in [0.15, 0.2) is 77.8 Å². The fourth-order valence-corrected chi connectivity index (χ4v) is 12.6. The first-order chi connectivity index (χ1) is 24.1. The van der Waals surface area contributed by atoms with Crippen LogP contribution >= 0.6 is 69.6 Å². The zero-order chi connectivity index (χ0) is 38.3. The maximum atomic E-state index is 13.1. The molecule has 1 unspecified atom stereocenters. The lowest BCUT2D eigenvalue weighted by Gasteiger charge is -2.49. The summed E-state index contributed by atoms with van der Waals surface area (Å²) in [5.41, 5.74) is -1.43. The third kappa shape index (κ3) is 8.88. The Kier molecular flexibility index (Phi) is 12.3. The first kappa shape index (κ1) is 41.5. The highest BCUT2D eigenvalue weighted by atomic mass is 35.6. The van der Waals surface area contributed by atoms with E-state index in [1.54, 1.807) is 12.2 Å². The van der Waals surface area contributed by atoms with Gasteiger partial charge in [-0.15, -0.1) is 0 Å². The van der Waals surface area contributed by atoms with Gasteiger partial charge in [0.15, 0.2) is 6.23 Å². The highest BCUT2D eigenvalue weighted by molar-refractivity contribution is 7.84. The third-order valence-electron chi connectivity index (χ3n) is 8.56. The van der Waals surface area contributed by atoms with Gasteiger partial charge in [0.2, 0.25) is 9.75 Å². The van der Waals surface area contributed by atoms with Crippen molar-refractivity contribution in [3.8, 4) is 0 Å². The van der Waals surface area contributed by atoms with Gasteiger partial charge in [-0.3, -0.25) is 34.6 Å². The van der Waals surface area contributed by atoms with Gasteiger partial charge in [0.1, 0.15) is 18.6 Å². The van der Waals surface area contributed by atoms with Gasteiger partial charge in [-0.2, -0.15) is 13.1 Å². The molecule has 1 spiro atoms. The summed E-state index contributed by atoms with van der Waals surface area (Å²) in [5, 5.41) is 10.5. The summed E-state index contributed by atoms with van der Waals surface area (Å²) in [6.45, 7) is 6.71. The molecule has 284 valence electrons. The molecule has 5 atom stereocenters. The van der Waals surface area contributed by atoms with Crippen LogP contribution in [0.4, 0.5) is 0 Å². The number of aliphatic imine (C=N–C) groups is 1. The summed E-state index contributed by atoms with van der Waals surface area (Å²) in [4.78, 5) is 31.7. The van der Waals surface area contributed by atoms with Crippen LogP contribution in [0, 0.1) is 0 Å². The molecular formula is C31H36Cl6N6O7SSi. The van der Waals surface area contributed by atoms with E-state index in [0.717, 1.165) is 10.4 Å². The zero-order valence-electron chi connectivity index (χ0n) is 28.1. The third-order valence-corrected chi connectivity index (χ3v) is 15.4. The van der Waals surface area contributed by atoms with E-state index >= 15 is 0 Å². The number of amides is 1. The van der Waals surface area contributed by atoms with E-state index < -0.39 is 80.0 Å². The first-order valence-electron chi connectivity index (χ1n) is 15.7. The van der Waals surface area contributed by atoms with Gasteiger partial charge in [-0.1, -0.05) is 151 Å². The monoisotopic (exact) mass is 874 g/mol. The maximum Gasteiger partial charge on any atom is 0.338 e. The minimum absolute atomic E-state index is 0.0509. The summed E-state index contributed by atoms with van der Waals surface area (Å²) < 4.78 is 41.6. The number of guanidine groups is 1. The first-order valence-corrected chi connectivity index (χ1v) is 21.3. The minimum Gasteiger partial charge on any atom is -0.438 e. The number of benzene rings is 2. The predicted octanol–water partition coefficient (Wildman–Crippen LogP) is 3.31. The molecule has 0 radical (unpaired) electrons. The fourth-order valence-electron chi connectivity index (χ4n) is 6.66. The predicted molar refractivity (Wildman–Crippen MR) is 205 cm³/mol. The molecule has 52 heavy (non-hydrogen) atoms. The molecule has 3 heterocycles. The molecule has 13 nitrogen and oxygen atoms in total. The average Bonchev–Trinajstić information content (AvgIpc) is 3.58. The van der Waals surface area contributed by atoms with Crippen LogP contribution in [-0.4, -0.2) is 90.5 Å². The highest BCUT2D eigenvalue weighted by Crippen LogP contribution is 2.41. The Balaban J connectivity index is 1.61. The number of alkyl halides is 6. The molecule has 2 aromatic carbocycles. The molecule has 1 amide bonds. The number of hydrogen-bond donors (Lipinski definition) is 4. The topological polar surface area (TPSA) is 160 Å². The largest absolute Gasteiger partial charge is 0.438 e. The van der Waals surface area contributed by atoms with Crippen molar-refractivity contribution >= 4 is 116 Å². The summed E-state index contributed by atoms with van der Waals surface area (Å²) in [6, 6.07) is 18.1. The van der Waals surface area contributed by atoms with E-state index in [4.69, 9.17) is 87.9 Å². The molecule has 0 aliphatic carbocycles. The average molecular weight is 878 g/mol. The van der Waals surface area contributed by atoms with E-state index in [1.807, 2.05) is 60.7 Å². The second-order valence-electron chi connectivity index (χ2n) is 13.2. The van der Waals surface area contributed by atoms with Gasteiger partial charge in [-0.05, 0) is 27.6 Å². The Morgan fingerprint density at radius 2 is 1.56 bits per heavy atom. The SMILES string of the molecule is CC(=O)O[C@@H]1C=C[C@]23NC(NS(=O)(=O)OCC(Cl)(Cl)Cl)N[C@H]2[C@H](CO[Si](c2ccccc2)(c2ccccc2)C(C)(C)C)N=C(NC(=O)C(Cl)(Cl)Cl)N13. The van der Waals surface area contributed by atoms with Crippen molar-refractivity contribution in [2.75, 3.05) is 13.2 Å². The van der Waals surface area contributed by atoms with E-state index in [0.29, 0.717) is 0 Å². The number of carbonyl (C=O) groups excluding carboxylic acids is 2. The lowest BCUT2D eigenvalue weighted by Crippen LogP contribution is -2.73. The van der Waals surface area contributed by atoms with E-state index in [1.165, 1.54) is 11.8 Å². The molecule has 4 N–H and O–H groups in total. The number of carbonyl (C=O) groups is 2. The molecule has 1 saturated heterocycles. The number of ether oxygens (including phenoxy) is 1. The van der Waals surface area contributed by atoms with Crippen molar-refractivity contribution in [3.63, 3.8) is 0 Å². The van der Waals surface area contributed by atoms with Crippen molar-refractivity contribution in [3.05, 3.63) is 72.8 Å². The van der Waals surface area contributed by atoms with Crippen LogP contribution in [-0.2, 0) is 33.2 Å². The number of hydrogen-bond acceptors (Lipinski definition) is 11. The van der Waals surface area contributed by atoms with Crippen LogP contribution < -0.4 is 31.0 Å². The van der Waals surface area contributed by atoms with Gasteiger partial charge in [0, 0.05) is 6.92 Å². The Hall–Kier alpha value is -1.70. The lowest BCUT2D eigenvalue weighted by atomic mass is 9.93. The molecule has 1 fully saturated rings. The van der Waals surface area contributed by atoms with Crippen molar-refractivity contribution in [1.82, 2.24) is 25.6 Å². The van der Waals surface area contributed by atoms with Crippen molar-refractivity contribution in [1.29, 1.82) is 0 Å². The Morgan fingerprint density at radius 1 is 0.981 bits per heavy atom. The summed E-state index contributed by atoms with van der Waals surface area (Å²) >= 11 is 35.0. The molecule has 0 bridgehead atoms. The second-order valence-corrected chi connectivity index (χ2v) is 23.7. The van der Waals surface area contributed by atoms with Gasteiger partial charge < -0.3 is 9.16 Å². The number of esters is 1. The molecule has 0 aromatic heterocycles. The normalized spacial score (nSPS) is 25.0. The van der Waals surface area contributed by atoms with Crippen LogP contribution in [0.2, 0.25) is 5.04 Å². The van der Waals surface area contributed by atoms with E-state index in [-0.39, 0.29) is 12.6 Å². The van der Waals surface area contributed by atoms with Crippen LogP contribution in [0.5, 0.6) is 0 Å². The molecular weight excluding hydrogens is 841 g/mol. The zero-order valence-corrected chi connectivity index (χ0v) is 34.4. The minimum atomic E-state index is -4.54. The van der Waals surface area contributed by atoms with Crippen molar-refractivity contribution < 1.29 is 31.4 Å². The summed E-state index contributed by atoms with van der Waals surface area (Å²) in [6.07, 6.45) is 0.809. The fraction of sp³-hybridized carbons (Fsp3) is 0.452. The Labute approximate surface area is 333 Å². The van der Waals surface area contributed by atoms with Crippen molar-refractivity contribution in [2.45, 2.75) is 70.6 Å². The van der Waals surface area contributed by atoms with Gasteiger partial charge in [-0.25, -0.2) is 4.99 Å². The molecule has 0 saturated carbocycles. The quantitative estimate of drug-likeness (QED) is 0.121. The smallest absolute Gasteiger partial charge is 0.338 e. The maximum absolute atomic E-state index is 13.1. The molecule has 3 aliphatic rings. The molecule has 5 rings (SSSR count). The van der Waals surface area contributed by atoms with Crippen LogP contribution in [0.1, 0.15) is 27.7 Å². The highest BCUT2D eigenvalue weighted by Gasteiger charge is 2.62. The molecule has 21 heteroatoms. The van der Waals surface area contributed by atoms with Gasteiger partial charge in [0.25, 0.3) is 18.0 Å². The molecule has 3 aliphatic heterocycles. The van der Waals surface area contributed by atoms with Crippen LogP contribution in [0.3, 0.4) is 0 Å². The number of nitrogens with one attached hydrogen (secondary N) is 4. The second kappa shape index (κ2) is 15.4. The van der Waals surface area contributed by atoms with E-state index in [2.05, 4.69) is 41.4 Å². The van der Waals surface area contributed by atoms with Crippen molar-refractivity contribution in [2.24, 2.45) is 4.99 Å². The lowest BCUT2D eigenvalue weighted by molar-refractivity contribution is -0.151. The summed E-state index contributed by atoms with van der Waals surface area (Å²) in [7, 11) is -7.70. The summed E-state index contributed by atoms with van der Waals surface area (Å²) in [5.74, 6) is -1.85. The van der Waals surface area contributed by atoms with Gasteiger partial charge >= 0.3 is 16.3 Å².